The van der Waals surface area contributed by atoms with Crippen molar-refractivity contribution >= 4 is 34.6 Å². The fraction of sp³-hybridized carbons (Fsp3) is 0.280. The quantitative estimate of drug-likeness (QED) is 0.550. The van der Waals surface area contributed by atoms with Crippen LogP contribution in [0.4, 0.5) is 8.78 Å². The molecule has 174 valence electrons. The highest BCUT2D eigenvalue weighted by Gasteiger charge is 2.29. The van der Waals surface area contributed by atoms with Crippen molar-refractivity contribution in [3.63, 3.8) is 0 Å². The van der Waals surface area contributed by atoms with E-state index in [0.717, 1.165) is 0 Å². The molecule has 0 radical (unpaired) electrons. The number of amides is 1. The molecule has 1 heterocycles. The summed E-state index contributed by atoms with van der Waals surface area (Å²) in [6, 6.07) is 11.4. The van der Waals surface area contributed by atoms with Crippen LogP contribution in [-0.4, -0.2) is 59.1 Å². The lowest BCUT2D eigenvalue weighted by atomic mass is 9.94. The molecule has 1 amide bonds. The highest BCUT2D eigenvalue weighted by Crippen LogP contribution is 2.23. The molecule has 0 spiro atoms. The van der Waals surface area contributed by atoms with Crippen LogP contribution >= 0.6 is 0 Å². The lowest BCUT2D eigenvalue weighted by molar-refractivity contribution is -0.130. The minimum atomic E-state index is -1.18. The maximum atomic E-state index is 13.3. The topological polar surface area (TPSA) is 63.7 Å². The third-order valence-corrected chi connectivity index (χ3v) is 6.42. The van der Waals surface area contributed by atoms with Gasteiger partial charge in [-0.15, -0.1) is 0 Å². The van der Waals surface area contributed by atoms with Crippen LogP contribution in [-0.2, 0) is 25.1 Å². The molecule has 0 aliphatic carbocycles. The lowest BCUT2D eigenvalue weighted by Crippen LogP contribution is -2.42. The first kappa shape index (κ1) is 24.7. The maximum Gasteiger partial charge on any atom is 0.224 e. The van der Waals surface area contributed by atoms with E-state index in [4.69, 9.17) is 4.74 Å². The molecule has 1 aliphatic heterocycles. The average Bonchev–Trinajstić information content (AvgIpc) is 2.81. The molecular weight excluding hydrogens is 448 g/mol. The van der Waals surface area contributed by atoms with Crippen molar-refractivity contribution in [3.8, 4) is 0 Å². The second kappa shape index (κ2) is 11.8. The van der Waals surface area contributed by atoms with E-state index in [2.05, 4.69) is 0 Å². The van der Waals surface area contributed by atoms with E-state index >= 15 is 0 Å². The number of benzene rings is 2. The van der Waals surface area contributed by atoms with Crippen LogP contribution in [0.1, 0.15) is 17.5 Å². The molecule has 2 aromatic rings. The van der Waals surface area contributed by atoms with Gasteiger partial charge in [-0.2, -0.15) is 0 Å². The standard InChI is InChI=1S/C25H25F2NO4S/c1-32-11-13-33(31)12-10-24(29)28-16-20(14-18-2-6-22(26)7-3-18)25(30)21(17-28)15-19-4-8-23(27)9-5-19/h2-9,14-15H,10-13,16-17H2,1H3/b20-14+,21-15+. The highest BCUT2D eigenvalue weighted by molar-refractivity contribution is 7.85. The van der Waals surface area contributed by atoms with E-state index in [-0.39, 0.29) is 48.6 Å². The molecule has 0 N–H and O–H groups in total. The first-order valence-corrected chi connectivity index (χ1v) is 11.9. The van der Waals surface area contributed by atoms with Gasteiger partial charge in [0.25, 0.3) is 0 Å². The smallest absolute Gasteiger partial charge is 0.224 e. The molecule has 1 saturated heterocycles. The number of nitrogens with zero attached hydrogens (tertiary/aromatic N) is 1. The van der Waals surface area contributed by atoms with E-state index in [1.54, 1.807) is 41.3 Å². The maximum absolute atomic E-state index is 13.3. The van der Waals surface area contributed by atoms with Crippen molar-refractivity contribution in [2.75, 3.05) is 38.3 Å². The van der Waals surface area contributed by atoms with E-state index in [1.807, 2.05) is 0 Å². The third-order valence-electron chi connectivity index (χ3n) is 5.14. The van der Waals surface area contributed by atoms with Gasteiger partial charge >= 0.3 is 0 Å². The summed E-state index contributed by atoms with van der Waals surface area (Å²) in [5, 5.41) is 0. The second-order valence-electron chi connectivity index (χ2n) is 7.61. The van der Waals surface area contributed by atoms with Crippen molar-refractivity contribution in [2.24, 2.45) is 0 Å². The number of carbonyl (C=O) groups excluding carboxylic acids is 2. The zero-order valence-electron chi connectivity index (χ0n) is 18.3. The molecule has 1 aliphatic rings. The zero-order valence-corrected chi connectivity index (χ0v) is 19.1. The first-order chi connectivity index (χ1) is 15.9. The van der Waals surface area contributed by atoms with E-state index in [1.165, 1.54) is 31.4 Å². The van der Waals surface area contributed by atoms with Gasteiger partial charge in [-0.3, -0.25) is 13.8 Å². The Labute approximate surface area is 194 Å². The number of halogens is 2. The Morgan fingerprint density at radius 2 is 1.42 bits per heavy atom. The second-order valence-corrected chi connectivity index (χ2v) is 9.31. The zero-order chi connectivity index (χ0) is 23.8. The first-order valence-electron chi connectivity index (χ1n) is 10.4. The number of piperidine rings is 1. The fourth-order valence-electron chi connectivity index (χ4n) is 3.37. The highest BCUT2D eigenvalue weighted by atomic mass is 32.2. The van der Waals surface area contributed by atoms with Gasteiger partial charge in [0.1, 0.15) is 11.6 Å². The number of hydrogen-bond donors (Lipinski definition) is 0. The predicted molar refractivity (Wildman–Crippen MR) is 125 cm³/mol. The van der Waals surface area contributed by atoms with Crippen LogP contribution in [0.2, 0.25) is 0 Å². The Kier molecular flexibility index (Phi) is 8.79. The normalized spacial score (nSPS) is 17.5. The Balaban J connectivity index is 1.84. The monoisotopic (exact) mass is 473 g/mol. The summed E-state index contributed by atoms with van der Waals surface area (Å²) in [5.74, 6) is -0.654. The summed E-state index contributed by atoms with van der Waals surface area (Å²) in [5.41, 5.74) is 2.04. The summed E-state index contributed by atoms with van der Waals surface area (Å²) < 4.78 is 43.5. The van der Waals surface area contributed by atoms with Crippen LogP contribution in [0.3, 0.4) is 0 Å². The van der Waals surface area contributed by atoms with Gasteiger partial charge in [-0.05, 0) is 47.5 Å². The van der Waals surface area contributed by atoms with Gasteiger partial charge in [0.15, 0.2) is 5.78 Å². The van der Waals surface area contributed by atoms with Crippen LogP contribution in [0.5, 0.6) is 0 Å². The molecule has 3 rings (SSSR count). The molecule has 1 atom stereocenters. The van der Waals surface area contributed by atoms with Crippen molar-refractivity contribution in [3.05, 3.63) is 82.4 Å². The number of ketones is 1. The Morgan fingerprint density at radius 1 is 0.939 bits per heavy atom. The van der Waals surface area contributed by atoms with Crippen LogP contribution in [0.15, 0.2) is 59.7 Å². The molecule has 0 saturated carbocycles. The number of carbonyl (C=O) groups is 2. The van der Waals surface area contributed by atoms with Crippen molar-refractivity contribution in [1.82, 2.24) is 4.90 Å². The van der Waals surface area contributed by atoms with Crippen molar-refractivity contribution in [1.29, 1.82) is 0 Å². The van der Waals surface area contributed by atoms with E-state index in [0.29, 0.717) is 34.6 Å². The molecule has 33 heavy (non-hydrogen) atoms. The molecule has 8 heteroatoms. The summed E-state index contributed by atoms with van der Waals surface area (Å²) in [6.07, 6.45) is 3.35. The summed E-state index contributed by atoms with van der Waals surface area (Å²) in [7, 11) is 0.348. The number of ether oxygens (including phenoxy) is 1. The van der Waals surface area contributed by atoms with Gasteiger partial charge in [0, 0.05) is 60.1 Å². The molecule has 0 bridgehead atoms. The number of methoxy groups -OCH3 is 1. The minimum Gasteiger partial charge on any atom is -0.384 e. The number of hydrogen-bond acceptors (Lipinski definition) is 4. The Morgan fingerprint density at radius 3 is 1.88 bits per heavy atom. The van der Waals surface area contributed by atoms with Crippen LogP contribution in [0.25, 0.3) is 12.2 Å². The van der Waals surface area contributed by atoms with Gasteiger partial charge < -0.3 is 9.64 Å². The van der Waals surface area contributed by atoms with Gasteiger partial charge in [0.2, 0.25) is 5.91 Å². The van der Waals surface area contributed by atoms with Crippen LogP contribution < -0.4 is 0 Å². The molecular formula is C25H25F2NO4S. The molecule has 1 fully saturated rings. The Bertz CT molecular complexity index is 1010. The van der Waals surface area contributed by atoms with E-state index in [9.17, 15) is 22.6 Å². The molecule has 5 nitrogen and oxygen atoms in total. The van der Waals surface area contributed by atoms with Crippen molar-refractivity contribution in [2.45, 2.75) is 6.42 Å². The molecule has 2 aromatic carbocycles. The lowest BCUT2D eigenvalue weighted by Gasteiger charge is -2.30. The number of likely N-dealkylation sites (tertiary alicyclic amines) is 1. The van der Waals surface area contributed by atoms with Gasteiger partial charge in [0.05, 0.1) is 6.61 Å². The number of Topliss-reactive ketones (excluding diaryl/α,β-unsaturated/α-hetero) is 1. The molecule has 1 unspecified atom stereocenters. The molecule has 0 aromatic heterocycles. The van der Waals surface area contributed by atoms with Crippen molar-refractivity contribution < 1.29 is 27.3 Å². The summed E-state index contributed by atoms with van der Waals surface area (Å²) in [6.45, 7) is 0.551. The van der Waals surface area contributed by atoms with E-state index < -0.39 is 10.8 Å². The minimum absolute atomic E-state index is 0.0815. The summed E-state index contributed by atoms with van der Waals surface area (Å²) in [4.78, 5) is 27.5. The predicted octanol–water partition coefficient (Wildman–Crippen LogP) is 3.63. The Hall–Kier alpha value is -2.97. The number of rotatable bonds is 8. The van der Waals surface area contributed by atoms with Crippen LogP contribution in [0, 0.1) is 11.6 Å². The largest absolute Gasteiger partial charge is 0.384 e. The van der Waals surface area contributed by atoms with Gasteiger partial charge in [-0.25, -0.2) is 8.78 Å². The third kappa shape index (κ3) is 7.27. The fourth-order valence-corrected chi connectivity index (χ4v) is 4.33. The average molecular weight is 474 g/mol. The summed E-state index contributed by atoms with van der Waals surface area (Å²) >= 11 is 0. The van der Waals surface area contributed by atoms with Gasteiger partial charge in [-0.1, -0.05) is 24.3 Å². The SMILES string of the molecule is COCCS(=O)CCC(=O)N1C/C(=C\c2ccc(F)cc2)C(=O)/C(=C/c2ccc(F)cc2)C1.